The number of carbonyl (C=O) groups excluding carboxylic acids is 1. The standard InChI is InChI=1S/C21H20F6N2O3/c1-31-17-10-16(11-18(12-17)32-2)28-3-5-29(6-4-28)19(30)13-7-14(20(22,23)24)9-15(8-13)21(25,26)27/h7-12H,3-6H2,1-2H3. The zero-order chi connectivity index (χ0) is 23.7. The first-order valence-electron chi connectivity index (χ1n) is 9.49. The zero-order valence-electron chi connectivity index (χ0n) is 17.2. The summed E-state index contributed by atoms with van der Waals surface area (Å²) >= 11 is 0. The smallest absolute Gasteiger partial charge is 0.416 e. The van der Waals surface area contributed by atoms with E-state index in [-0.39, 0.29) is 19.2 Å². The van der Waals surface area contributed by atoms with Gasteiger partial charge in [0, 0.05) is 55.6 Å². The van der Waals surface area contributed by atoms with E-state index in [4.69, 9.17) is 9.47 Å². The van der Waals surface area contributed by atoms with Crippen LogP contribution in [0, 0.1) is 0 Å². The Hall–Kier alpha value is -3.11. The van der Waals surface area contributed by atoms with Crippen molar-refractivity contribution in [3.05, 3.63) is 53.1 Å². The molecule has 0 aliphatic carbocycles. The SMILES string of the molecule is COc1cc(OC)cc(N2CCN(C(=O)c3cc(C(F)(F)F)cc(C(F)(F)F)c3)CC2)c1. The van der Waals surface area contributed by atoms with Crippen LogP contribution in [-0.2, 0) is 12.4 Å². The van der Waals surface area contributed by atoms with Gasteiger partial charge >= 0.3 is 12.4 Å². The summed E-state index contributed by atoms with van der Waals surface area (Å²) in [4.78, 5) is 15.9. The predicted molar refractivity (Wildman–Crippen MR) is 104 cm³/mol. The van der Waals surface area contributed by atoms with Crippen molar-refractivity contribution in [1.29, 1.82) is 0 Å². The van der Waals surface area contributed by atoms with Gasteiger partial charge in [-0.3, -0.25) is 4.79 Å². The van der Waals surface area contributed by atoms with Gasteiger partial charge in [0.2, 0.25) is 0 Å². The number of piperazine rings is 1. The van der Waals surface area contributed by atoms with Gasteiger partial charge in [-0.15, -0.1) is 0 Å². The topological polar surface area (TPSA) is 42.0 Å². The van der Waals surface area contributed by atoms with Crippen molar-refractivity contribution in [2.75, 3.05) is 45.3 Å². The first kappa shape index (κ1) is 23.6. The van der Waals surface area contributed by atoms with E-state index < -0.39 is 35.0 Å². The van der Waals surface area contributed by atoms with E-state index in [0.29, 0.717) is 36.7 Å². The number of nitrogens with zero attached hydrogens (tertiary/aromatic N) is 2. The largest absolute Gasteiger partial charge is 0.497 e. The normalized spacial score (nSPS) is 15.0. The summed E-state index contributed by atoms with van der Waals surface area (Å²) in [6.07, 6.45) is -10.0. The van der Waals surface area contributed by atoms with E-state index in [1.165, 1.54) is 19.1 Å². The van der Waals surface area contributed by atoms with Crippen LogP contribution in [0.3, 0.4) is 0 Å². The second kappa shape index (κ2) is 8.79. The Bertz CT molecular complexity index is 928. The summed E-state index contributed by atoms with van der Waals surface area (Å²) < 4.78 is 89.0. The Balaban J connectivity index is 1.80. The zero-order valence-corrected chi connectivity index (χ0v) is 17.2. The summed E-state index contributed by atoms with van der Waals surface area (Å²) in [6.45, 7) is 0.895. The van der Waals surface area contributed by atoms with Gasteiger partial charge in [-0.2, -0.15) is 26.3 Å². The number of hydrogen-bond acceptors (Lipinski definition) is 4. The van der Waals surface area contributed by atoms with Crippen molar-refractivity contribution >= 4 is 11.6 Å². The Morgan fingerprint density at radius 3 is 1.62 bits per heavy atom. The maximum absolute atomic E-state index is 13.1. The quantitative estimate of drug-likeness (QED) is 0.618. The number of ether oxygens (including phenoxy) is 2. The molecule has 32 heavy (non-hydrogen) atoms. The molecule has 3 rings (SSSR count). The number of anilines is 1. The number of carbonyl (C=O) groups is 1. The third-order valence-corrected chi connectivity index (χ3v) is 5.10. The molecule has 2 aromatic carbocycles. The predicted octanol–water partition coefficient (Wildman–Crippen LogP) is 4.70. The maximum Gasteiger partial charge on any atom is 0.416 e. The van der Waals surface area contributed by atoms with Crippen LogP contribution in [0.4, 0.5) is 32.0 Å². The van der Waals surface area contributed by atoms with Crippen LogP contribution in [-0.4, -0.2) is 51.2 Å². The highest BCUT2D eigenvalue weighted by molar-refractivity contribution is 5.95. The van der Waals surface area contributed by atoms with Gasteiger partial charge in [-0.05, 0) is 18.2 Å². The number of halogens is 6. The lowest BCUT2D eigenvalue weighted by Gasteiger charge is -2.36. The van der Waals surface area contributed by atoms with Crippen LogP contribution in [0.1, 0.15) is 21.5 Å². The van der Waals surface area contributed by atoms with Crippen LogP contribution in [0.15, 0.2) is 36.4 Å². The molecule has 1 saturated heterocycles. The molecule has 0 aromatic heterocycles. The highest BCUT2D eigenvalue weighted by Gasteiger charge is 2.38. The molecule has 11 heteroatoms. The molecule has 5 nitrogen and oxygen atoms in total. The van der Waals surface area contributed by atoms with E-state index in [1.54, 1.807) is 18.2 Å². The van der Waals surface area contributed by atoms with Crippen molar-refractivity contribution in [3.63, 3.8) is 0 Å². The maximum atomic E-state index is 13.1. The van der Waals surface area contributed by atoms with Gasteiger partial charge < -0.3 is 19.3 Å². The van der Waals surface area contributed by atoms with Gasteiger partial charge in [-0.1, -0.05) is 0 Å². The molecule has 1 aliphatic rings. The Labute approximate surface area is 180 Å². The molecule has 1 amide bonds. The van der Waals surface area contributed by atoms with Crippen LogP contribution in [0.25, 0.3) is 0 Å². The van der Waals surface area contributed by atoms with Crippen molar-refractivity contribution in [3.8, 4) is 11.5 Å². The van der Waals surface area contributed by atoms with Crippen LogP contribution < -0.4 is 14.4 Å². The van der Waals surface area contributed by atoms with Crippen LogP contribution in [0.2, 0.25) is 0 Å². The molecule has 174 valence electrons. The minimum Gasteiger partial charge on any atom is -0.497 e. The van der Waals surface area contributed by atoms with E-state index in [9.17, 15) is 31.1 Å². The molecule has 1 fully saturated rings. The Morgan fingerprint density at radius 1 is 0.750 bits per heavy atom. The summed E-state index contributed by atoms with van der Waals surface area (Å²) in [5.41, 5.74) is -2.93. The number of methoxy groups -OCH3 is 2. The number of hydrogen-bond donors (Lipinski definition) is 0. The van der Waals surface area contributed by atoms with Crippen molar-refractivity contribution in [1.82, 2.24) is 4.90 Å². The molecule has 1 heterocycles. The van der Waals surface area contributed by atoms with Gasteiger partial charge in [0.25, 0.3) is 5.91 Å². The number of amides is 1. The summed E-state index contributed by atoms with van der Waals surface area (Å²) in [7, 11) is 3.00. The Morgan fingerprint density at radius 2 is 1.22 bits per heavy atom. The number of benzene rings is 2. The van der Waals surface area contributed by atoms with Gasteiger partial charge in [0.1, 0.15) is 11.5 Å². The molecule has 0 bridgehead atoms. The molecule has 0 radical (unpaired) electrons. The lowest BCUT2D eigenvalue weighted by atomic mass is 10.0. The number of alkyl halides is 6. The van der Waals surface area contributed by atoms with Crippen LogP contribution in [0.5, 0.6) is 11.5 Å². The number of rotatable bonds is 4. The lowest BCUT2D eigenvalue weighted by Crippen LogP contribution is -2.48. The molecule has 0 atom stereocenters. The van der Waals surface area contributed by atoms with E-state index >= 15 is 0 Å². The Kier molecular flexibility index (Phi) is 6.47. The first-order chi connectivity index (χ1) is 14.9. The second-order valence-electron chi connectivity index (χ2n) is 7.14. The average molecular weight is 462 g/mol. The van der Waals surface area contributed by atoms with E-state index in [0.717, 1.165) is 5.69 Å². The van der Waals surface area contributed by atoms with Crippen molar-refractivity contribution in [2.45, 2.75) is 12.4 Å². The molecule has 2 aromatic rings. The fourth-order valence-corrected chi connectivity index (χ4v) is 3.40. The third-order valence-electron chi connectivity index (χ3n) is 5.10. The van der Waals surface area contributed by atoms with Gasteiger partial charge in [0.15, 0.2) is 0 Å². The van der Waals surface area contributed by atoms with Gasteiger partial charge in [-0.25, -0.2) is 0 Å². The average Bonchev–Trinajstić information content (AvgIpc) is 2.76. The molecule has 0 spiro atoms. The minimum absolute atomic E-state index is 0.00486. The van der Waals surface area contributed by atoms with E-state index in [2.05, 4.69) is 0 Å². The summed E-state index contributed by atoms with van der Waals surface area (Å²) in [5.74, 6) is 0.229. The molecule has 0 saturated carbocycles. The monoisotopic (exact) mass is 462 g/mol. The lowest BCUT2D eigenvalue weighted by molar-refractivity contribution is -0.143. The molecule has 0 N–H and O–H groups in total. The van der Waals surface area contributed by atoms with Gasteiger partial charge in [0.05, 0.1) is 25.3 Å². The highest BCUT2D eigenvalue weighted by atomic mass is 19.4. The molecular formula is C21H20F6N2O3. The fraction of sp³-hybridized carbons (Fsp3) is 0.381. The summed E-state index contributed by atoms with van der Waals surface area (Å²) in [5, 5.41) is 0. The molecule has 1 aliphatic heterocycles. The van der Waals surface area contributed by atoms with E-state index in [1.807, 2.05) is 4.90 Å². The second-order valence-corrected chi connectivity index (χ2v) is 7.14. The highest BCUT2D eigenvalue weighted by Crippen LogP contribution is 2.37. The molecular weight excluding hydrogens is 442 g/mol. The summed E-state index contributed by atoms with van der Waals surface area (Å²) in [6, 6.07) is 6.14. The minimum atomic E-state index is -5.01. The molecule has 0 unspecified atom stereocenters. The third kappa shape index (κ3) is 5.20. The fourth-order valence-electron chi connectivity index (χ4n) is 3.40. The van der Waals surface area contributed by atoms with Crippen LogP contribution >= 0.6 is 0 Å². The van der Waals surface area contributed by atoms with Crippen molar-refractivity contribution < 1.29 is 40.6 Å². The van der Waals surface area contributed by atoms with Crippen molar-refractivity contribution in [2.24, 2.45) is 0 Å². The first-order valence-corrected chi connectivity index (χ1v) is 9.49.